The van der Waals surface area contributed by atoms with Gasteiger partial charge in [0, 0.05) is 11.9 Å². The molecule has 0 aliphatic heterocycles. The Morgan fingerprint density at radius 2 is 1.77 bits per heavy atom. The first-order chi connectivity index (χ1) is 15.0. The monoisotopic (exact) mass is 440 g/mol. The second-order valence-corrected chi connectivity index (χ2v) is 8.49. The van der Waals surface area contributed by atoms with Crippen molar-refractivity contribution >= 4 is 28.6 Å². The molecule has 3 rings (SSSR count). The molecule has 0 aliphatic carbocycles. The third kappa shape index (κ3) is 5.41. The maximum Gasteiger partial charge on any atom is 0.233 e. The molecule has 1 heterocycles. The summed E-state index contributed by atoms with van der Waals surface area (Å²) >= 11 is 1.44. The van der Waals surface area contributed by atoms with Gasteiger partial charge in [-0.3, -0.25) is 4.79 Å². The van der Waals surface area contributed by atoms with Crippen LogP contribution in [-0.4, -0.2) is 44.0 Å². The van der Waals surface area contributed by atoms with Crippen molar-refractivity contribution in [1.29, 1.82) is 0 Å². The number of pyridine rings is 1. The maximum atomic E-state index is 12.6. The number of nitrogens with zero attached hydrogens (tertiary/aromatic N) is 1. The molecule has 0 saturated heterocycles. The van der Waals surface area contributed by atoms with Crippen LogP contribution in [0.5, 0.6) is 17.2 Å². The van der Waals surface area contributed by atoms with Gasteiger partial charge in [0.05, 0.1) is 31.6 Å². The lowest BCUT2D eigenvalue weighted by Crippen LogP contribution is -2.32. The molecule has 164 valence electrons. The van der Waals surface area contributed by atoms with E-state index in [2.05, 4.69) is 5.32 Å². The molecular formula is C24H28N2O4S. The van der Waals surface area contributed by atoms with Gasteiger partial charge in [-0.25, -0.2) is 4.98 Å². The first-order valence-corrected chi connectivity index (χ1v) is 10.9. The van der Waals surface area contributed by atoms with Gasteiger partial charge in [0.15, 0.2) is 11.5 Å². The molecule has 1 unspecified atom stereocenters. The molecule has 7 heteroatoms. The Kier molecular flexibility index (Phi) is 7.63. The fourth-order valence-electron chi connectivity index (χ4n) is 3.33. The molecule has 2 aromatic carbocycles. The molecule has 0 saturated carbocycles. The molecule has 31 heavy (non-hydrogen) atoms. The van der Waals surface area contributed by atoms with E-state index in [1.165, 1.54) is 11.8 Å². The van der Waals surface area contributed by atoms with E-state index in [9.17, 15) is 4.79 Å². The number of aromatic nitrogens is 1. The van der Waals surface area contributed by atoms with Crippen LogP contribution in [0.4, 0.5) is 0 Å². The molecule has 1 N–H and O–H groups in total. The molecule has 1 atom stereocenters. The SMILES string of the molecule is COc1ccc(CCNC(=O)C(C)Sc2cc(C)c3cccc(OC)c3n2)cc1OC. The molecule has 0 bridgehead atoms. The van der Waals surface area contributed by atoms with Crippen molar-refractivity contribution in [3.8, 4) is 17.2 Å². The molecule has 1 amide bonds. The lowest BCUT2D eigenvalue weighted by molar-refractivity contribution is -0.120. The first-order valence-electron chi connectivity index (χ1n) is 10.1. The summed E-state index contributed by atoms with van der Waals surface area (Å²) in [4.78, 5) is 17.3. The fourth-order valence-corrected chi connectivity index (χ4v) is 4.27. The topological polar surface area (TPSA) is 69.7 Å². The highest BCUT2D eigenvalue weighted by Crippen LogP contribution is 2.31. The highest BCUT2D eigenvalue weighted by Gasteiger charge is 2.16. The number of hydrogen-bond acceptors (Lipinski definition) is 6. The Morgan fingerprint density at radius 1 is 1.03 bits per heavy atom. The Labute approximate surface area is 187 Å². The van der Waals surface area contributed by atoms with Gasteiger partial charge < -0.3 is 19.5 Å². The first kappa shape index (κ1) is 22.7. The van der Waals surface area contributed by atoms with Gasteiger partial charge in [-0.1, -0.05) is 30.0 Å². The van der Waals surface area contributed by atoms with Crippen LogP contribution in [0.25, 0.3) is 10.9 Å². The molecule has 3 aromatic rings. The zero-order chi connectivity index (χ0) is 22.4. The van der Waals surface area contributed by atoms with Crippen LogP contribution in [0.3, 0.4) is 0 Å². The van der Waals surface area contributed by atoms with Gasteiger partial charge >= 0.3 is 0 Å². The second kappa shape index (κ2) is 10.4. The number of rotatable bonds is 9. The zero-order valence-electron chi connectivity index (χ0n) is 18.5. The number of carbonyl (C=O) groups excluding carboxylic acids is 1. The van der Waals surface area contributed by atoms with Crippen molar-refractivity contribution in [3.63, 3.8) is 0 Å². The van der Waals surface area contributed by atoms with E-state index in [4.69, 9.17) is 19.2 Å². The van der Waals surface area contributed by atoms with Crippen LogP contribution in [0.1, 0.15) is 18.1 Å². The Morgan fingerprint density at radius 3 is 2.48 bits per heavy atom. The van der Waals surface area contributed by atoms with E-state index in [-0.39, 0.29) is 11.2 Å². The second-order valence-electron chi connectivity index (χ2n) is 7.12. The number of benzene rings is 2. The summed E-state index contributed by atoms with van der Waals surface area (Å²) in [5, 5.41) is 4.59. The molecular weight excluding hydrogens is 412 g/mol. The summed E-state index contributed by atoms with van der Waals surface area (Å²) in [6.07, 6.45) is 0.702. The number of fused-ring (bicyclic) bond motifs is 1. The largest absolute Gasteiger partial charge is 0.494 e. The highest BCUT2D eigenvalue weighted by molar-refractivity contribution is 8.00. The van der Waals surface area contributed by atoms with Crippen LogP contribution in [0.2, 0.25) is 0 Å². The number of thioether (sulfide) groups is 1. The van der Waals surface area contributed by atoms with Crippen molar-refractivity contribution < 1.29 is 19.0 Å². The minimum atomic E-state index is -0.274. The number of aryl methyl sites for hydroxylation is 1. The van der Waals surface area contributed by atoms with Crippen molar-refractivity contribution in [2.24, 2.45) is 0 Å². The summed E-state index contributed by atoms with van der Waals surface area (Å²) < 4.78 is 16.0. The van der Waals surface area contributed by atoms with Gasteiger partial charge in [-0.15, -0.1) is 0 Å². The number of amides is 1. The van der Waals surface area contributed by atoms with E-state index < -0.39 is 0 Å². The summed E-state index contributed by atoms with van der Waals surface area (Å²) in [6, 6.07) is 13.7. The predicted octanol–water partition coefficient (Wildman–Crippen LogP) is 4.41. The molecule has 6 nitrogen and oxygen atoms in total. The van der Waals surface area contributed by atoms with E-state index in [0.717, 1.165) is 32.8 Å². The average molecular weight is 441 g/mol. The number of nitrogens with one attached hydrogen (secondary N) is 1. The molecule has 0 fully saturated rings. The van der Waals surface area contributed by atoms with Crippen LogP contribution < -0.4 is 19.5 Å². The van der Waals surface area contributed by atoms with E-state index in [0.29, 0.717) is 24.5 Å². The smallest absolute Gasteiger partial charge is 0.233 e. The van der Waals surface area contributed by atoms with Gasteiger partial charge in [-0.2, -0.15) is 0 Å². The Hall–Kier alpha value is -2.93. The summed E-state index contributed by atoms with van der Waals surface area (Å²) in [5.41, 5.74) is 2.98. The van der Waals surface area contributed by atoms with Crippen molar-refractivity contribution in [1.82, 2.24) is 10.3 Å². The van der Waals surface area contributed by atoms with Crippen LogP contribution in [0.15, 0.2) is 47.5 Å². The third-order valence-electron chi connectivity index (χ3n) is 5.03. The summed E-state index contributed by atoms with van der Waals surface area (Å²) in [6.45, 7) is 4.47. The summed E-state index contributed by atoms with van der Waals surface area (Å²) in [5.74, 6) is 2.08. The quantitative estimate of drug-likeness (QED) is 0.497. The Bertz CT molecular complexity index is 1070. The third-order valence-corrected chi connectivity index (χ3v) is 6.05. The lowest BCUT2D eigenvalue weighted by Gasteiger charge is -2.14. The van der Waals surface area contributed by atoms with Crippen molar-refractivity contribution in [3.05, 3.63) is 53.6 Å². The maximum absolute atomic E-state index is 12.6. The average Bonchev–Trinajstić information content (AvgIpc) is 2.78. The molecule has 0 spiro atoms. The van der Waals surface area contributed by atoms with Crippen LogP contribution >= 0.6 is 11.8 Å². The Balaban J connectivity index is 1.61. The number of ether oxygens (including phenoxy) is 3. The highest BCUT2D eigenvalue weighted by atomic mass is 32.2. The number of carbonyl (C=O) groups is 1. The van der Waals surface area contributed by atoms with Crippen LogP contribution in [0, 0.1) is 6.92 Å². The summed E-state index contributed by atoms with van der Waals surface area (Å²) in [7, 11) is 4.86. The van der Waals surface area contributed by atoms with Crippen molar-refractivity contribution in [2.75, 3.05) is 27.9 Å². The lowest BCUT2D eigenvalue weighted by atomic mass is 10.1. The molecule has 0 aliphatic rings. The van der Waals surface area contributed by atoms with Crippen molar-refractivity contribution in [2.45, 2.75) is 30.5 Å². The van der Waals surface area contributed by atoms with E-state index in [1.54, 1.807) is 21.3 Å². The van der Waals surface area contributed by atoms with Gasteiger partial charge in [0.25, 0.3) is 0 Å². The minimum absolute atomic E-state index is 0.0231. The molecule has 1 aromatic heterocycles. The number of methoxy groups -OCH3 is 3. The standard InChI is InChI=1S/C24H28N2O4S/c1-15-13-22(26-23-18(15)7-6-8-20(23)29-4)31-16(2)24(27)25-12-11-17-9-10-19(28-3)21(14-17)30-5/h6-10,13-14,16H,11-12H2,1-5H3,(H,25,27). The predicted molar refractivity (Wildman–Crippen MR) is 125 cm³/mol. The molecule has 0 radical (unpaired) electrons. The van der Waals surface area contributed by atoms with Gasteiger partial charge in [0.1, 0.15) is 11.3 Å². The fraction of sp³-hybridized carbons (Fsp3) is 0.333. The normalized spacial score (nSPS) is 11.8. The van der Waals surface area contributed by atoms with E-state index in [1.807, 2.05) is 56.3 Å². The van der Waals surface area contributed by atoms with Gasteiger partial charge in [-0.05, 0) is 55.7 Å². The van der Waals surface area contributed by atoms with E-state index >= 15 is 0 Å². The van der Waals surface area contributed by atoms with Gasteiger partial charge in [0.2, 0.25) is 5.91 Å². The minimum Gasteiger partial charge on any atom is -0.494 e. The number of para-hydroxylation sites is 1. The van der Waals surface area contributed by atoms with Crippen LogP contribution in [-0.2, 0) is 11.2 Å². The number of hydrogen-bond donors (Lipinski definition) is 1. The zero-order valence-corrected chi connectivity index (χ0v) is 19.3.